The Kier molecular flexibility index (Phi) is 7.39. The molecule has 1 atom stereocenters. The summed E-state index contributed by atoms with van der Waals surface area (Å²) in [6, 6.07) is 5.92. The van der Waals surface area contributed by atoms with E-state index in [-0.39, 0.29) is 29.6 Å². The molecule has 1 unspecified atom stereocenters. The third-order valence-electron chi connectivity index (χ3n) is 4.57. The van der Waals surface area contributed by atoms with Crippen LogP contribution < -0.4 is 10.6 Å². The van der Waals surface area contributed by atoms with Gasteiger partial charge in [-0.1, -0.05) is 11.6 Å². The predicted molar refractivity (Wildman–Crippen MR) is 115 cm³/mol. The Morgan fingerprint density at radius 3 is 2.96 bits per heavy atom. The number of halogens is 2. The molecule has 25 heavy (non-hydrogen) atoms. The average Bonchev–Trinajstić information content (AvgIpc) is 3.17. The number of aromatic amines is 1. The number of benzene rings is 1. The van der Waals surface area contributed by atoms with Crippen molar-refractivity contribution in [2.24, 2.45) is 4.99 Å². The number of rotatable bonds is 5. The van der Waals surface area contributed by atoms with Crippen molar-refractivity contribution in [1.29, 1.82) is 0 Å². The number of nitrogens with zero attached hydrogens (tertiary/aromatic N) is 1. The highest BCUT2D eigenvalue weighted by molar-refractivity contribution is 14.0. The van der Waals surface area contributed by atoms with Gasteiger partial charge in [-0.2, -0.15) is 0 Å². The van der Waals surface area contributed by atoms with Crippen LogP contribution in [0.3, 0.4) is 0 Å². The summed E-state index contributed by atoms with van der Waals surface area (Å²) < 4.78 is 5.80. The average molecular weight is 477 g/mol. The molecule has 2 aromatic rings. The van der Waals surface area contributed by atoms with Gasteiger partial charge in [-0.25, -0.2) is 0 Å². The molecule has 5 nitrogen and oxygen atoms in total. The molecule has 138 valence electrons. The van der Waals surface area contributed by atoms with Gasteiger partial charge in [0.15, 0.2) is 5.96 Å². The van der Waals surface area contributed by atoms with Gasteiger partial charge in [0.25, 0.3) is 0 Å². The summed E-state index contributed by atoms with van der Waals surface area (Å²) >= 11 is 6.10. The lowest BCUT2D eigenvalue weighted by molar-refractivity contribution is 0.0243. The SMILES string of the molecule is CN=C(NCCc1c[nH]c2ccc(Cl)cc12)NCC1(C)CCCO1.I. The Labute approximate surface area is 171 Å². The highest BCUT2D eigenvalue weighted by atomic mass is 127. The second-order valence-corrected chi connectivity index (χ2v) is 6.94. The zero-order chi connectivity index (χ0) is 17.0. The molecule has 1 aliphatic rings. The number of hydrogen-bond acceptors (Lipinski definition) is 2. The van der Waals surface area contributed by atoms with Gasteiger partial charge in [-0.3, -0.25) is 4.99 Å². The van der Waals surface area contributed by atoms with Gasteiger partial charge in [0.1, 0.15) is 0 Å². The summed E-state index contributed by atoms with van der Waals surface area (Å²) in [5.74, 6) is 0.810. The maximum Gasteiger partial charge on any atom is 0.191 e. The molecule has 1 aromatic carbocycles. The molecule has 1 aromatic heterocycles. The number of hydrogen-bond donors (Lipinski definition) is 3. The molecule has 3 rings (SSSR count). The van der Waals surface area contributed by atoms with Crippen molar-refractivity contribution in [1.82, 2.24) is 15.6 Å². The standard InChI is InChI=1S/C18H25ClN4O.HI/c1-18(7-3-9-24-18)12-23-17(20-2)21-8-6-13-11-22-16-5-4-14(19)10-15(13)16;/h4-5,10-11,22H,3,6-9,12H2,1-2H3,(H2,20,21,23);1H. The minimum Gasteiger partial charge on any atom is -0.373 e. The molecule has 0 bridgehead atoms. The van der Waals surface area contributed by atoms with Gasteiger partial charge >= 0.3 is 0 Å². The summed E-state index contributed by atoms with van der Waals surface area (Å²) in [4.78, 5) is 7.57. The van der Waals surface area contributed by atoms with Crippen molar-refractivity contribution in [3.8, 4) is 0 Å². The van der Waals surface area contributed by atoms with Crippen LogP contribution >= 0.6 is 35.6 Å². The van der Waals surface area contributed by atoms with Crippen LogP contribution in [0.2, 0.25) is 5.02 Å². The number of aliphatic imine (C=N–C) groups is 1. The second-order valence-electron chi connectivity index (χ2n) is 6.51. The fourth-order valence-corrected chi connectivity index (χ4v) is 3.31. The Morgan fingerprint density at radius 2 is 2.24 bits per heavy atom. The van der Waals surface area contributed by atoms with E-state index in [4.69, 9.17) is 16.3 Å². The minimum absolute atomic E-state index is 0. The lowest BCUT2D eigenvalue weighted by Gasteiger charge is -2.24. The van der Waals surface area contributed by atoms with E-state index < -0.39 is 0 Å². The molecule has 1 aliphatic heterocycles. The van der Waals surface area contributed by atoms with Crippen molar-refractivity contribution >= 4 is 52.4 Å². The van der Waals surface area contributed by atoms with Crippen LogP contribution in [0.4, 0.5) is 0 Å². The Hall–Kier alpha value is -0.990. The van der Waals surface area contributed by atoms with Crippen LogP contribution in [0.5, 0.6) is 0 Å². The van der Waals surface area contributed by atoms with Gasteiger partial charge < -0.3 is 20.4 Å². The first-order valence-electron chi connectivity index (χ1n) is 8.44. The van der Waals surface area contributed by atoms with Gasteiger partial charge in [-0.05, 0) is 49.9 Å². The first-order valence-corrected chi connectivity index (χ1v) is 8.81. The first kappa shape index (κ1) is 20.3. The Balaban J connectivity index is 0.00000225. The number of H-pyrrole nitrogens is 1. The van der Waals surface area contributed by atoms with Crippen molar-refractivity contribution in [3.63, 3.8) is 0 Å². The van der Waals surface area contributed by atoms with E-state index in [1.165, 1.54) is 10.9 Å². The zero-order valence-electron chi connectivity index (χ0n) is 14.7. The normalized spacial score (nSPS) is 20.5. The van der Waals surface area contributed by atoms with Crippen LogP contribution in [0, 0.1) is 0 Å². The first-order chi connectivity index (χ1) is 11.6. The van der Waals surface area contributed by atoms with Crippen LogP contribution in [-0.4, -0.2) is 43.3 Å². The fraction of sp³-hybridized carbons (Fsp3) is 0.500. The molecule has 2 heterocycles. The van der Waals surface area contributed by atoms with E-state index in [0.717, 1.165) is 55.5 Å². The van der Waals surface area contributed by atoms with E-state index in [9.17, 15) is 0 Å². The minimum atomic E-state index is -0.0782. The Bertz CT molecular complexity index is 725. The zero-order valence-corrected chi connectivity index (χ0v) is 17.8. The van der Waals surface area contributed by atoms with Crippen LogP contribution in [-0.2, 0) is 11.2 Å². The Morgan fingerprint density at radius 1 is 1.40 bits per heavy atom. The number of guanidine groups is 1. The quantitative estimate of drug-likeness (QED) is 0.350. The molecule has 1 fully saturated rings. The van der Waals surface area contributed by atoms with Crippen molar-refractivity contribution in [3.05, 3.63) is 35.0 Å². The number of nitrogens with one attached hydrogen (secondary N) is 3. The molecule has 7 heteroatoms. The van der Waals surface area contributed by atoms with Crippen LogP contribution in [0.15, 0.2) is 29.4 Å². The maximum absolute atomic E-state index is 6.10. The fourth-order valence-electron chi connectivity index (χ4n) is 3.14. The monoisotopic (exact) mass is 476 g/mol. The molecular weight excluding hydrogens is 451 g/mol. The van der Waals surface area contributed by atoms with Crippen LogP contribution in [0.25, 0.3) is 10.9 Å². The number of aromatic nitrogens is 1. The molecule has 0 saturated carbocycles. The summed E-state index contributed by atoms with van der Waals surface area (Å²) in [6.45, 7) is 4.58. The highest BCUT2D eigenvalue weighted by Gasteiger charge is 2.29. The summed E-state index contributed by atoms with van der Waals surface area (Å²) in [5, 5.41) is 8.67. The van der Waals surface area contributed by atoms with Gasteiger partial charge in [-0.15, -0.1) is 24.0 Å². The molecular formula is C18H26ClIN4O. The van der Waals surface area contributed by atoms with Gasteiger partial charge in [0.05, 0.1) is 5.60 Å². The summed E-state index contributed by atoms with van der Waals surface area (Å²) in [5.41, 5.74) is 2.29. The van der Waals surface area contributed by atoms with Crippen LogP contribution in [0.1, 0.15) is 25.3 Å². The lowest BCUT2D eigenvalue weighted by Crippen LogP contribution is -2.45. The number of ether oxygens (including phenoxy) is 1. The van der Waals surface area contributed by atoms with E-state index in [1.807, 2.05) is 24.4 Å². The van der Waals surface area contributed by atoms with Crippen molar-refractivity contribution in [2.45, 2.75) is 31.8 Å². The summed E-state index contributed by atoms with van der Waals surface area (Å²) in [6.07, 6.45) is 5.17. The van der Waals surface area contributed by atoms with E-state index in [1.54, 1.807) is 7.05 Å². The molecule has 0 aliphatic carbocycles. The van der Waals surface area contributed by atoms with Gasteiger partial charge in [0.2, 0.25) is 0 Å². The highest BCUT2D eigenvalue weighted by Crippen LogP contribution is 2.24. The second kappa shape index (κ2) is 9.09. The van der Waals surface area contributed by atoms with E-state index >= 15 is 0 Å². The summed E-state index contributed by atoms with van der Waals surface area (Å²) in [7, 11) is 1.79. The molecule has 0 spiro atoms. The molecule has 3 N–H and O–H groups in total. The van der Waals surface area contributed by atoms with Crippen molar-refractivity contribution < 1.29 is 4.74 Å². The third-order valence-corrected chi connectivity index (χ3v) is 4.81. The van der Waals surface area contributed by atoms with E-state index in [2.05, 4.69) is 27.5 Å². The third kappa shape index (κ3) is 5.24. The number of fused-ring (bicyclic) bond motifs is 1. The maximum atomic E-state index is 6.10. The van der Waals surface area contributed by atoms with E-state index in [0.29, 0.717) is 0 Å². The predicted octanol–water partition coefficient (Wildman–Crippen LogP) is 3.72. The smallest absolute Gasteiger partial charge is 0.191 e. The topological polar surface area (TPSA) is 61.4 Å². The lowest BCUT2D eigenvalue weighted by atomic mass is 10.0. The molecule has 1 saturated heterocycles. The van der Waals surface area contributed by atoms with Crippen molar-refractivity contribution in [2.75, 3.05) is 26.7 Å². The largest absolute Gasteiger partial charge is 0.373 e. The van der Waals surface area contributed by atoms with Gasteiger partial charge in [0, 0.05) is 48.9 Å². The molecule has 0 amide bonds. The molecule has 0 radical (unpaired) electrons.